The van der Waals surface area contributed by atoms with Gasteiger partial charge in [0.15, 0.2) is 0 Å². The Morgan fingerprint density at radius 2 is 1.42 bits per heavy atom. The molecule has 0 bridgehead atoms. The minimum Gasteiger partial charge on any atom is -0.497 e. The lowest BCUT2D eigenvalue weighted by Crippen LogP contribution is -2.00. The van der Waals surface area contributed by atoms with Crippen LogP contribution in [0.25, 0.3) is 0 Å². The lowest BCUT2D eigenvalue weighted by Gasteiger charge is -2.17. The molecule has 0 saturated carbocycles. The zero-order valence-corrected chi connectivity index (χ0v) is 12.7. The van der Waals surface area contributed by atoms with Crippen LogP contribution >= 0.6 is 7.60 Å². The van der Waals surface area contributed by atoms with Gasteiger partial charge in [-0.05, 0) is 31.5 Å². The van der Waals surface area contributed by atoms with Gasteiger partial charge in [0.1, 0.15) is 11.5 Å². The maximum Gasteiger partial charge on any atom is 0.335 e. The van der Waals surface area contributed by atoms with Gasteiger partial charge in [-0.1, -0.05) is 0 Å². The maximum absolute atomic E-state index is 12.5. The van der Waals surface area contributed by atoms with Crippen molar-refractivity contribution in [2.45, 2.75) is 20.0 Å². The van der Waals surface area contributed by atoms with E-state index in [1.54, 1.807) is 46.3 Å². The highest BCUT2D eigenvalue weighted by Gasteiger charge is 2.24. The standard InChI is InChI=1S/C13H21O5P/c1-5-17-19(14,18-6-2)10-11-7-12(15-3)9-13(8-11)16-4/h7-9H,5-6,10H2,1-4H3. The highest BCUT2D eigenvalue weighted by molar-refractivity contribution is 7.53. The summed E-state index contributed by atoms with van der Waals surface area (Å²) in [7, 11) is 0.0323. The fraction of sp³-hybridized carbons (Fsp3) is 0.538. The molecule has 5 nitrogen and oxygen atoms in total. The fourth-order valence-corrected chi connectivity index (χ4v) is 3.38. The van der Waals surface area contributed by atoms with Gasteiger partial charge in [-0.15, -0.1) is 0 Å². The minimum absolute atomic E-state index is 0.197. The number of ether oxygens (including phenoxy) is 2. The molecule has 0 aliphatic heterocycles. The summed E-state index contributed by atoms with van der Waals surface area (Å²) in [6.45, 7) is 4.27. The van der Waals surface area contributed by atoms with Gasteiger partial charge in [0, 0.05) is 6.07 Å². The van der Waals surface area contributed by atoms with E-state index in [0.29, 0.717) is 24.7 Å². The predicted molar refractivity (Wildman–Crippen MR) is 74.1 cm³/mol. The van der Waals surface area contributed by atoms with Crippen molar-refractivity contribution in [2.75, 3.05) is 27.4 Å². The summed E-state index contributed by atoms with van der Waals surface area (Å²) in [6.07, 6.45) is 0.197. The summed E-state index contributed by atoms with van der Waals surface area (Å²) in [5.74, 6) is 1.29. The average Bonchev–Trinajstić information content (AvgIpc) is 2.38. The first-order chi connectivity index (χ1) is 9.06. The molecule has 1 aromatic carbocycles. The normalized spacial score (nSPS) is 11.4. The smallest absolute Gasteiger partial charge is 0.335 e. The molecule has 0 aliphatic rings. The van der Waals surface area contributed by atoms with Crippen molar-refractivity contribution in [2.24, 2.45) is 0 Å². The quantitative estimate of drug-likeness (QED) is 0.685. The molecular formula is C13H21O5P. The molecule has 0 spiro atoms. The fourth-order valence-electron chi connectivity index (χ4n) is 1.70. The van der Waals surface area contributed by atoms with Crippen molar-refractivity contribution < 1.29 is 23.1 Å². The summed E-state index contributed by atoms with van der Waals surface area (Å²) in [5.41, 5.74) is 0.793. The molecule has 0 radical (unpaired) electrons. The number of methoxy groups -OCH3 is 2. The first-order valence-electron chi connectivity index (χ1n) is 6.17. The lowest BCUT2D eigenvalue weighted by atomic mass is 10.2. The van der Waals surface area contributed by atoms with E-state index in [9.17, 15) is 4.57 Å². The van der Waals surface area contributed by atoms with Gasteiger partial charge >= 0.3 is 7.60 Å². The maximum atomic E-state index is 12.5. The summed E-state index contributed by atoms with van der Waals surface area (Å²) >= 11 is 0. The molecule has 108 valence electrons. The molecule has 0 amide bonds. The Morgan fingerprint density at radius 3 is 1.79 bits per heavy atom. The monoisotopic (exact) mass is 288 g/mol. The van der Waals surface area contributed by atoms with Crippen LogP contribution in [-0.4, -0.2) is 27.4 Å². The highest BCUT2D eigenvalue weighted by Crippen LogP contribution is 2.51. The van der Waals surface area contributed by atoms with Gasteiger partial charge in [-0.2, -0.15) is 0 Å². The molecule has 1 rings (SSSR count). The van der Waals surface area contributed by atoms with Gasteiger partial charge in [0.2, 0.25) is 0 Å². The molecule has 0 atom stereocenters. The first kappa shape index (κ1) is 16.0. The van der Waals surface area contributed by atoms with E-state index in [4.69, 9.17) is 18.5 Å². The number of hydrogen-bond acceptors (Lipinski definition) is 5. The van der Waals surface area contributed by atoms with Crippen LogP contribution in [0.3, 0.4) is 0 Å². The Hall–Kier alpha value is -1.03. The van der Waals surface area contributed by atoms with Crippen LogP contribution in [-0.2, 0) is 19.8 Å². The molecule has 6 heteroatoms. The Labute approximate surface area is 114 Å². The Bertz CT molecular complexity index is 414. The van der Waals surface area contributed by atoms with E-state index in [1.807, 2.05) is 0 Å². The SMILES string of the molecule is CCOP(=O)(Cc1cc(OC)cc(OC)c1)OCC. The lowest BCUT2D eigenvalue weighted by molar-refractivity contribution is 0.219. The van der Waals surface area contributed by atoms with Crippen LogP contribution in [0.15, 0.2) is 18.2 Å². The average molecular weight is 288 g/mol. The first-order valence-corrected chi connectivity index (χ1v) is 7.89. The van der Waals surface area contributed by atoms with Crippen molar-refractivity contribution in [3.05, 3.63) is 23.8 Å². The van der Waals surface area contributed by atoms with Crippen LogP contribution in [0.4, 0.5) is 0 Å². The van der Waals surface area contributed by atoms with Gasteiger partial charge in [0.05, 0.1) is 33.6 Å². The third kappa shape index (κ3) is 4.86. The third-order valence-corrected chi connectivity index (χ3v) is 4.49. The minimum atomic E-state index is -3.11. The summed E-state index contributed by atoms with van der Waals surface area (Å²) in [5, 5.41) is 0. The molecule has 0 aliphatic carbocycles. The van der Waals surface area contributed by atoms with E-state index < -0.39 is 7.60 Å². The summed E-state index contributed by atoms with van der Waals surface area (Å²) in [4.78, 5) is 0. The van der Waals surface area contributed by atoms with Crippen molar-refractivity contribution >= 4 is 7.60 Å². The second-order valence-corrected chi connectivity index (χ2v) is 5.88. The van der Waals surface area contributed by atoms with Crippen LogP contribution in [0.1, 0.15) is 19.4 Å². The molecule has 0 fully saturated rings. The van der Waals surface area contributed by atoms with Crippen molar-refractivity contribution in [3.8, 4) is 11.5 Å². The van der Waals surface area contributed by atoms with Crippen molar-refractivity contribution in [1.29, 1.82) is 0 Å². The van der Waals surface area contributed by atoms with Crippen LogP contribution in [0.2, 0.25) is 0 Å². The molecule has 0 N–H and O–H groups in total. The van der Waals surface area contributed by atoms with Gasteiger partial charge in [-0.3, -0.25) is 4.57 Å². The Kier molecular flexibility index (Phi) is 6.35. The zero-order chi connectivity index (χ0) is 14.3. The third-order valence-electron chi connectivity index (χ3n) is 2.44. The van der Waals surface area contributed by atoms with Crippen molar-refractivity contribution in [1.82, 2.24) is 0 Å². The number of benzene rings is 1. The molecule has 1 aromatic rings. The van der Waals surface area contributed by atoms with Crippen LogP contribution < -0.4 is 9.47 Å². The van der Waals surface area contributed by atoms with Crippen molar-refractivity contribution in [3.63, 3.8) is 0 Å². The van der Waals surface area contributed by atoms with E-state index in [1.165, 1.54) is 0 Å². The highest BCUT2D eigenvalue weighted by atomic mass is 31.2. The van der Waals surface area contributed by atoms with E-state index in [2.05, 4.69) is 0 Å². The van der Waals surface area contributed by atoms with Gasteiger partial charge in [0.25, 0.3) is 0 Å². The van der Waals surface area contributed by atoms with Gasteiger partial charge in [-0.25, -0.2) is 0 Å². The second-order valence-electron chi connectivity index (χ2n) is 3.83. The summed E-state index contributed by atoms with van der Waals surface area (Å²) < 4.78 is 33.4. The largest absolute Gasteiger partial charge is 0.497 e. The molecule has 0 heterocycles. The van der Waals surface area contributed by atoms with Crippen LogP contribution in [0.5, 0.6) is 11.5 Å². The molecule has 0 saturated heterocycles. The molecule has 19 heavy (non-hydrogen) atoms. The number of hydrogen-bond donors (Lipinski definition) is 0. The topological polar surface area (TPSA) is 54.0 Å². The summed E-state index contributed by atoms with van der Waals surface area (Å²) in [6, 6.07) is 5.36. The van der Waals surface area contributed by atoms with E-state index >= 15 is 0 Å². The Balaban J connectivity index is 2.98. The zero-order valence-electron chi connectivity index (χ0n) is 11.8. The van der Waals surface area contributed by atoms with E-state index in [-0.39, 0.29) is 6.16 Å². The second kappa shape index (κ2) is 7.53. The van der Waals surface area contributed by atoms with Gasteiger partial charge < -0.3 is 18.5 Å². The Morgan fingerprint density at radius 1 is 0.947 bits per heavy atom. The number of rotatable bonds is 8. The predicted octanol–water partition coefficient (Wildman–Crippen LogP) is 3.47. The van der Waals surface area contributed by atoms with E-state index in [0.717, 1.165) is 5.56 Å². The molecule has 0 aromatic heterocycles. The van der Waals surface area contributed by atoms with Crippen LogP contribution in [0, 0.1) is 0 Å². The molecule has 0 unspecified atom stereocenters. The molecular weight excluding hydrogens is 267 g/mol.